The van der Waals surface area contributed by atoms with E-state index in [0.717, 1.165) is 6.08 Å². The fourth-order valence-corrected chi connectivity index (χ4v) is 1.23. The lowest BCUT2D eigenvalue weighted by Gasteiger charge is -2.18. The Kier molecular flexibility index (Phi) is 7.81. The van der Waals surface area contributed by atoms with E-state index in [0.29, 0.717) is 10.9 Å². The van der Waals surface area contributed by atoms with Gasteiger partial charge in [-0.05, 0) is 13.8 Å². The maximum Gasteiger partial charge on any atom is 0.533 e. The lowest BCUT2D eigenvalue weighted by molar-refractivity contribution is -0.103. The second-order valence-corrected chi connectivity index (χ2v) is 4.48. The van der Waals surface area contributed by atoms with E-state index in [1.54, 1.807) is 13.8 Å². The molecule has 9 nitrogen and oxygen atoms in total. The highest BCUT2D eigenvalue weighted by molar-refractivity contribution is 7.55. The predicted octanol–water partition coefficient (Wildman–Crippen LogP) is 1.22. The molecule has 19 heavy (non-hydrogen) atoms. The van der Waals surface area contributed by atoms with Crippen molar-refractivity contribution in [3.63, 3.8) is 0 Å². The zero-order chi connectivity index (χ0) is 14.9. The first-order valence-corrected chi connectivity index (χ1v) is 7.00. The van der Waals surface area contributed by atoms with E-state index in [4.69, 9.17) is 9.79 Å². The lowest BCUT2D eigenvalue weighted by atomic mass is 10.6. The van der Waals surface area contributed by atoms with Crippen LogP contribution in [-0.4, -0.2) is 46.9 Å². The van der Waals surface area contributed by atoms with Crippen molar-refractivity contribution in [2.24, 2.45) is 0 Å². The average molecular weight is 297 g/mol. The van der Waals surface area contributed by atoms with E-state index >= 15 is 0 Å². The Morgan fingerprint density at radius 2 is 1.79 bits per heavy atom. The third-order valence-electron chi connectivity index (χ3n) is 1.49. The van der Waals surface area contributed by atoms with Gasteiger partial charge in [0.15, 0.2) is 0 Å². The molecule has 0 aliphatic carbocycles. The van der Waals surface area contributed by atoms with Crippen LogP contribution in [0.1, 0.15) is 13.8 Å². The minimum absolute atomic E-state index is 0.0454. The molecule has 0 aromatic rings. The first-order valence-electron chi connectivity index (χ1n) is 5.32. The molecule has 0 bridgehead atoms. The molecule has 0 saturated carbocycles. The number of hydrogen-bond donors (Lipinski definition) is 2. The molecular formula is C9H16NO8P. The number of ether oxygens (including phenoxy) is 2. The van der Waals surface area contributed by atoms with Crippen LogP contribution in [-0.2, 0) is 18.9 Å². The topological polar surface area (TPSA) is 123 Å². The highest BCUT2D eigenvalue weighted by Gasteiger charge is 2.20. The summed E-state index contributed by atoms with van der Waals surface area (Å²) in [5.74, 6) is 0.577. The second kappa shape index (κ2) is 8.52. The van der Waals surface area contributed by atoms with Crippen LogP contribution in [0.25, 0.3) is 0 Å². The average Bonchev–Trinajstić information content (AvgIpc) is 2.26. The van der Waals surface area contributed by atoms with Crippen LogP contribution in [0.4, 0.5) is 9.59 Å². The van der Waals surface area contributed by atoms with Crippen LogP contribution in [0.15, 0.2) is 11.9 Å². The molecule has 110 valence electrons. The summed E-state index contributed by atoms with van der Waals surface area (Å²) >= 11 is 0. The van der Waals surface area contributed by atoms with Crippen LogP contribution >= 0.6 is 7.60 Å². The molecule has 0 unspecified atom stereocenters. The predicted molar refractivity (Wildman–Crippen MR) is 63.0 cm³/mol. The van der Waals surface area contributed by atoms with E-state index in [1.165, 1.54) is 0 Å². The molecule has 0 rings (SSSR count). The summed E-state index contributed by atoms with van der Waals surface area (Å²) in [6.45, 7) is 2.80. The van der Waals surface area contributed by atoms with Gasteiger partial charge in [-0.15, -0.1) is 5.06 Å². The van der Waals surface area contributed by atoms with Crippen LogP contribution in [0.3, 0.4) is 0 Å². The monoisotopic (exact) mass is 297 g/mol. The highest BCUT2D eigenvalue weighted by Crippen LogP contribution is 2.35. The molecule has 2 N–H and O–H groups in total. The van der Waals surface area contributed by atoms with E-state index in [9.17, 15) is 14.2 Å². The normalized spacial score (nSPS) is 11.2. The number of nitrogens with zero attached hydrogens (tertiary/aromatic N) is 1. The van der Waals surface area contributed by atoms with E-state index < -0.39 is 19.8 Å². The van der Waals surface area contributed by atoms with Crippen molar-refractivity contribution in [2.45, 2.75) is 13.8 Å². The summed E-state index contributed by atoms with van der Waals surface area (Å²) in [7, 11) is -4.35. The van der Waals surface area contributed by atoms with E-state index in [-0.39, 0.29) is 19.8 Å². The minimum atomic E-state index is -4.35. The maximum atomic E-state index is 11.4. The van der Waals surface area contributed by atoms with Crippen LogP contribution in [0, 0.1) is 0 Å². The van der Waals surface area contributed by atoms with Gasteiger partial charge in [-0.2, -0.15) is 0 Å². The fourth-order valence-electron chi connectivity index (χ4n) is 0.859. The second-order valence-electron chi connectivity index (χ2n) is 3.01. The van der Waals surface area contributed by atoms with Crippen molar-refractivity contribution < 1.29 is 38.3 Å². The molecule has 0 saturated heterocycles. The van der Waals surface area contributed by atoms with Gasteiger partial charge in [0, 0.05) is 5.82 Å². The summed E-state index contributed by atoms with van der Waals surface area (Å²) in [5.41, 5.74) is 0. The van der Waals surface area contributed by atoms with Crippen molar-refractivity contribution in [2.75, 3.05) is 19.8 Å². The molecule has 0 aliphatic heterocycles. The molecule has 0 aromatic carbocycles. The third-order valence-corrected chi connectivity index (χ3v) is 2.09. The maximum absolute atomic E-state index is 11.4. The lowest BCUT2D eigenvalue weighted by Crippen LogP contribution is -2.34. The molecule has 0 fully saturated rings. The Morgan fingerprint density at radius 3 is 2.26 bits per heavy atom. The number of hydroxylamine groups is 2. The van der Waals surface area contributed by atoms with Gasteiger partial charge in [-0.25, -0.2) is 9.59 Å². The van der Waals surface area contributed by atoms with Crippen molar-refractivity contribution in [1.82, 2.24) is 5.06 Å². The summed E-state index contributed by atoms with van der Waals surface area (Å²) in [4.78, 5) is 44.1. The summed E-state index contributed by atoms with van der Waals surface area (Å²) < 4.78 is 19.6. The summed E-state index contributed by atoms with van der Waals surface area (Å²) in [6, 6.07) is 0. The standard InChI is InChI=1S/C9H16NO8P/c1-3-16-8(11)10(18-9(12)17-4-2)6-5-7-19(13,14)15/h5,7H,3-4,6H2,1-2H3,(H2,13,14,15). The first-order chi connectivity index (χ1) is 8.80. The van der Waals surface area contributed by atoms with Gasteiger partial charge in [0.05, 0.1) is 19.8 Å². The Morgan fingerprint density at radius 1 is 1.21 bits per heavy atom. The largest absolute Gasteiger partial charge is 0.533 e. The molecule has 1 amide bonds. The van der Waals surface area contributed by atoms with E-state index in [1.807, 2.05) is 0 Å². The highest BCUT2D eigenvalue weighted by atomic mass is 31.2. The minimum Gasteiger partial charge on any atom is -0.448 e. The number of carbonyl (C=O) groups is 2. The van der Waals surface area contributed by atoms with Crippen molar-refractivity contribution in [3.05, 3.63) is 11.9 Å². The number of rotatable bonds is 5. The Labute approximate surface area is 109 Å². The quantitative estimate of drug-likeness (QED) is 0.441. The molecule has 0 atom stereocenters. The van der Waals surface area contributed by atoms with Crippen LogP contribution in [0.2, 0.25) is 0 Å². The first kappa shape index (κ1) is 17.4. The molecule has 0 heterocycles. The van der Waals surface area contributed by atoms with Gasteiger partial charge in [0.1, 0.15) is 0 Å². The molecular weight excluding hydrogens is 281 g/mol. The zero-order valence-electron chi connectivity index (χ0n) is 10.5. The molecule has 0 spiro atoms. The zero-order valence-corrected chi connectivity index (χ0v) is 11.4. The van der Waals surface area contributed by atoms with Crippen LogP contribution in [0.5, 0.6) is 0 Å². The van der Waals surface area contributed by atoms with Gasteiger partial charge in [-0.1, -0.05) is 6.08 Å². The van der Waals surface area contributed by atoms with Crippen molar-refractivity contribution in [1.29, 1.82) is 0 Å². The number of hydrogen-bond acceptors (Lipinski definition) is 6. The summed E-state index contributed by atoms with van der Waals surface area (Å²) in [6.07, 6.45) is -1.14. The number of amides is 1. The molecule has 0 aromatic heterocycles. The van der Waals surface area contributed by atoms with Crippen molar-refractivity contribution >= 4 is 19.8 Å². The fraction of sp³-hybridized carbons (Fsp3) is 0.556. The Bertz CT molecular complexity index is 376. The summed E-state index contributed by atoms with van der Waals surface area (Å²) in [5, 5.41) is 0.480. The van der Waals surface area contributed by atoms with Gasteiger partial charge < -0.3 is 19.3 Å². The van der Waals surface area contributed by atoms with Gasteiger partial charge >= 0.3 is 19.8 Å². The molecule has 0 aliphatic rings. The van der Waals surface area contributed by atoms with Gasteiger partial charge in [0.25, 0.3) is 0 Å². The smallest absolute Gasteiger partial charge is 0.448 e. The SMILES string of the molecule is CCOC(=O)ON(CC=CP(=O)(O)O)C(=O)OCC. The molecule has 0 radical (unpaired) electrons. The van der Waals surface area contributed by atoms with Gasteiger partial charge in [-0.3, -0.25) is 9.40 Å². The Hall–Kier alpha value is -1.57. The van der Waals surface area contributed by atoms with E-state index in [2.05, 4.69) is 14.3 Å². The Balaban J connectivity index is 4.59. The number of carbonyl (C=O) groups excluding carboxylic acids is 2. The van der Waals surface area contributed by atoms with Crippen molar-refractivity contribution in [3.8, 4) is 0 Å². The van der Waals surface area contributed by atoms with Gasteiger partial charge in [0.2, 0.25) is 0 Å². The molecule has 10 heteroatoms. The third kappa shape index (κ3) is 9.06. The van der Waals surface area contributed by atoms with Crippen LogP contribution < -0.4 is 0 Å².